The van der Waals surface area contributed by atoms with E-state index < -0.39 is 0 Å². The third kappa shape index (κ3) is 2.40. The molecule has 0 fully saturated rings. The highest BCUT2D eigenvalue weighted by Crippen LogP contribution is 2.20. The van der Waals surface area contributed by atoms with E-state index in [2.05, 4.69) is 24.3 Å². The van der Waals surface area contributed by atoms with Crippen molar-refractivity contribution in [2.75, 3.05) is 17.6 Å². The average Bonchev–Trinajstić information content (AvgIpc) is 2.31. The summed E-state index contributed by atoms with van der Waals surface area (Å²) in [6.07, 6.45) is 1.14. The van der Waals surface area contributed by atoms with Crippen molar-refractivity contribution in [1.29, 1.82) is 0 Å². The van der Waals surface area contributed by atoms with Gasteiger partial charge in [0, 0.05) is 13.6 Å². The average molecular weight is 196 g/mol. The molecule has 1 rings (SSSR count). The maximum absolute atomic E-state index is 5.87. The number of nitrogens with two attached hydrogens (primary N) is 1. The van der Waals surface area contributed by atoms with E-state index in [0.29, 0.717) is 5.92 Å². The van der Waals surface area contributed by atoms with Gasteiger partial charge in [0.1, 0.15) is 5.82 Å². The van der Waals surface area contributed by atoms with Crippen LogP contribution in [0, 0.1) is 12.8 Å². The number of rotatable bonds is 4. The second-order valence-corrected chi connectivity index (χ2v) is 4.08. The van der Waals surface area contributed by atoms with Gasteiger partial charge in [-0.3, -0.25) is 4.68 Å². The standard InChI is InChI=1S/C10H20N4/c1-7(2)5-6-12-10-9(11)8(3)13-14(10)4/h7,12H,5-6,11H2,1-4H3. The monoisotopic (exact) mass is 196 g/mol. The summed E-state index contributed by atoms with van der Waals surface area (Å²) in [5, 5.41) is 7.55. The molecular weight excluding hydrogens is 176 g/mol. The molecule has 0 radical (unpaired) electrons. The molecule has 1 aromatic heterocycles. The Labute approximate surface area is 85.5 Å². The Bertz CT molecular complexity index is 301. The maximum atomic E-state index is 5.87. The Balaban J connectivity index is 2.58. The van der Waals surface area contributed by atoms with Crippen molar-refractivity contribution >= 4 is 11.5 Å². The summed E-state index contributed by atoms with van der Waals surface area (Å²) in [6, 6.07) is 0. The van der Waals surface area contributed by atoms with Crippen LogP contribution in [0.5, 0.6) is 0 Å². The number of nitrogen functional groups attached to an aromatic ring is 1. The van der Waals surface area contributed by atoms with E-state index >= 15 is 0 Å². The topological polar surface area (TPSA) is 55.9 Å². The Hall–Kier alpha value is -1.19. The van der Waals surface area contributed by atoms with Crippen molar-refractivity contribution in [2.45, 2.75) is 27.2 Å². The molecule has 0 unspecified atom stereocenters. The lowest BCUT2D eigenvalue weighted by molar-refractivity contribution is 0.604. The van der Waals surface area contributed by atoms with Crippen LogP contribution in [0.1, 0.15) is 26.0 Å². The van der Waals surface area contributed by atoms with Gasteiger partial charge in [0.2, 0.25) is 0 Å². The highest BCUT2D eigenvalue weighted by atomic mass is 15.3. The third-order valence-corrected chi connectivity index (χ3v) is 2.28. The van der Waals surface area contributed by atoms with Gasteiger partial charge >= 0.3 is 0 Å². The van der Waals surface area contributed by atoms with E-state index in [1.54, 1.807) is 4.68 Å². The summed E-state index contributed by atoms with van der Waals surface area (Å²) in [4.78, 5) is 0. The summed E-state index contributed by atoms with van der Waals surface area (Å²) in [6.45, 7) is 7.28. The summed E-state index contributed by atoms with van der Waals surface area (Å²) in [5.41, 5.74) is 7.52. The number of hydrogen-bond donors (Lipinski definition) is 2. The highest BCUT2D eigenvalue weighted by Gasteiger charge is 2.08. The SMILES string of the molecule is Cc1nn(C)c(NCCC(C)C)c1N. The molecule has 0 saturated carbocycles. The van der Waals surface area contributed by atoms with Gasteiger partial charge in [0.15, 0.2) is 0 Å². The Morgan fingerprint density at radius 3 is 2.57 bits per heavy atom. The first-order chi connectivity index (χ1) is 6.52. The highest BCUT2D eigenvalue weighted by molar-refractivity contribution is 5.64. The zero-order valence-corrected chi connectivity index (χ0v) is 9.46. The summed E-state index contributed by atoms with van der Waals surface area (Å²) < 4.78 is 1.80. The molecule has 3 N–H and O–H groups in total. The largest absolute Gasteiger partial charge is 0.394 e. The lowest BCUT2D eigenvalue weighted by Gasteiger charge is -2.09. The normalized spacial score (nSPS) is 10.9. The summed E-state index contributed by atoms with van der Waals surface area (Å²) in [5.74, 6) is 1.64. The van der Waals surface area contributed by atoms with Crippen LogP contribution in [0.3, 0.4) is 0 Å². The number of nitrogens with zero attached hydrogens (tertiary/aromatic N) is 2. The first-order valence-corrected chi connectivity index (χ1v) is 5.05. The van der Waals surface area contributed by atoms with Crippen LogP contribution in [0.15, 0.2) is 0 Å². The zero-order chi connectivity index (χ0) is 10.7. The molecule has 4 nitrogen and oxygen atoms in total. The lowest BCUT2D eigenvalue weighted by Crippen LogP contribution is -2.09. The summed E-state index contributed by atoms with van der Waals surface area (Å²) in [7, 11) is 1.90. The van der Waals surface area contributed by atoms with E-state index in [4.69, 9.17) is 5.73 Å². The predicted octanol–water partition coefficient (Wildman–Crippen LogP) is 1.77. The Morgan fingerprint density at radius 2 is 2.14 bits per heavy atom. The molecule has 0 bridgehead atoms. The first-order valence-electron chi connectivity index (χ1n) is 5.05. The van der Waals surface area contributed by atoms with Gasteiger partial charge in [0.05, 0.1) is 11.4 Å². The molecule has 0 aromatic carbocycles. The molecule has 0 aliphatic carbocycles. The zero-order valence-electron chi connectivity index (χ0n) is 9.46. The molecule has 14 heavy (non-hydrogen) atoms. The van der Waals surface area contributed by atoms with Crippen LogP contribution in [0.4, 0.5) is 11.5 Å². The molecule has 0 amide bonds. The van der Waals surface area contributed by atoms with Gasteiger partial charge in [-0.25, -0.2) is 0 Å². The van der Waals surface area contributed by atoms with Crippen molar-refractivity contribution in [3.63, 3.8) is 0 Å². The number of hydrogen-bond acceptors (Lipinski definition) is 3. The minimum atomic E-state index is 0.707. The number of nitrogens with one attached hydrogen (secondary N) is 1. The Morgan fingerprint density at radius 1 is 1.50 bits per heavy atom. The minimum absolute atomic E-state index is 0.707. The number of aromatic nitrogens is 2. The molecular formula is C10H20N4. The molecule has 1 heterocycles. The number of anilines is 2. The molecule has 1 aromatic rings. The molecule has 0 atom stereocenters. The van der Waals surface area contributed by atoms with Crippen molar-refractivity contribution in [1.82, 2.24) is 9.78 Å². The third-order valence-electron chi connectivity index (χ3n) is 2.28. The van der Waals surface area contributed by atoms with E-state index in [1.807, 2.05) is 14.0 Å². The smallest absolute Gasteiger partial charge is 0.147 e. The van der Waals surface area contributed by atoms with Crippen molar-refractivity contribution in [3.05, 3.63) is 5.69 Å². The van der Waals surface area contributed by atoms with Crippen LogP contribution in [0.25, 0.3) is 0 Å². The first kappa shape index (κ1) is 10.9. The number of aryl methyl sites for hydroxylation is 2. The Kier molecular flexibility index (Phi) is 3.38. The van der Waals surface area contributed by atoms with Gasteiger partial charge < -0.3 is 11.1 Å². The fraction of sp³-hybridized carbons (Fsp3) is 0.700. The lowest BCUT2D eigenvalue weighted by atomic mass is 10.1. The van der Waals surface area contributed by atoms with Crippen molar-refractivity contribution < 1.29 is 0 Å². The van der Waals surface area contributed by atoms with Gasteiger partial charge in [-0.05, 0) is 19.3 Å². The van der Waals surface area contributed by atoms with Crippen molar-refractivity contribution in [2.24, 2.45) is 13.0 Å². The van der Waals surface area contributed by atoms with Gasteiger partial charge in [-0.1, -0.05) is 13.8 Å². The fourth-order valence-electron chi connectivity index (χ4n) is 1.36. The van der Waals surface area contributed by atoms with Gasteiger partial charge in [-0.2, -0.15) is 5.10 Å². The molecule has 0 spiro atoms. The van der Waals surface area contributed by atoms with Gasteiger partial charge in [0.25, 0.3) is 0 Å². The van der Waals surface area contributed by atoms with E-state index in [9.17, 15) is 0 Å². The molecule has 80 valence electrons. The fourth-order valence-corrected chi connectivity index (χ4v) is 1.36. The van der Waals surface area contributed by atoms with E-state index in [-0.39, 0.29) is 0 Å². The van der Waals surface area contributed by atoms with E-state index in [0.717, 1.165) is 30.2 Å². The second-order valence-electron chi connectivity index (χ2n) is 4.08. The van der Waals surface area contributed by atoms with Crippen molar-refractivity contribution in [3.8, 4) is 0 Å². The van der Waals surface area contributed by atoms with Crippen LogP contribution < -0.4 is 11.1 Å². The second kappa shape index (κ2) is 4.35. The molecule has 0 aliphatic rings. The quantitative estimate of drug-likeness (QED) is 0.771. The minimum Gasteiger partial charge on any atom is -0.394 e. The maximum Gasteiger partial charge on any atom is 0.147 e. The van der Waals surface area contributed by atoms with Gasteiger partial charge in [-0.15, -0.1) is 0 Å². The van der Waals surface area contributed by atoms with Crippen LogP contribution in [0.2, 0.25) is 0 Å². The van der Waals surface area contributed by atoms with Crippen LogP contribution in [-0.2, 0) is 7.05 Å². The predicted molar refractivity (Wildman–Crippen MR) is 60.3 cm³/mol. The van der Waals surface area contributed by atoms with E-state index in [1.165, 1.54) is 0 Å². The summed E-state index contributed by atoms with van der Waals surface area (Å²) >= 11 is 0. The van der Waals surface area contributed by atoms with Crippen LogP contribution in [-0.4, -0.2) is 16.3 Å². The molecule has 0 saturated heterocycles. The molecule has 4 heteroatoms. The van der Waals surface area contributed by atoms with Crippen LogP contribution >= 0.6 is 0 Å². The molecule has 0 aliphatic heterocycles.